The van der Waals surface area contributed by atoms with Gasteiger partial charge < -0.3 is 20.3 Å². The van der Waals surface area contributed by atoms with Gasteiger partial charge in [0.05, 0.1) is 13.2 Å². The van der Waals surface area contributed by atoms with E-state index in [-0.39, 0.29) is 11.9 Å². The first-order valence-corrected chi connectivity index (χ1v) is 7.33. The molecule has 21 heavy (non-hydrogen) atoms. The average Bonchev–Trinajstić information content (AvgIpc) is 3.01. The van der Waals surface area contributed by atoms with Crippen LogP contribution in [0.2, 0.25) is 5.28 Å². The van der Waals surface area contributed by atoms with Crippen LogP contribution in [0.5, 0.6) is 0 Å². The van der Waals surface area contributed by atoms with Gasteiger partial charge in [0.25, 0.3) is 0 Å². The summed E-state index contributed by atoms with van der Waals surface area (Å²) in [5, 5.41) is 0.122. The van der Waals surface area contributed by atoms with Gasteiger partial charge in [-0.1, -0.05) is 0 Å². The van der Waals surface area contributed by atoms with Crippen LogP contribution in [-0.4, -0.2) is 59.7 Å². The van der Waals surface area contributed by atoms with Crippen LogP contribution in [0.3, 0.4) is 0 Å². The molecule has 1 unspecified atom stereocenters. The summed E-state index contributed by atoms with van der Waals surface area (Å²) in [6.45, 7) is 3.03. The molecule has 0 radical (unpaired) electrons. The van der Waals surface area contributed by atoms with Crippen molar-refractivity contribution >= 4 is 29.4 Å². The van der Waals surface area contributed by atoms with E-state index < -0.39 is 11.9 Å². The number of nitrogens with two attached hydrogens (primary N) is 1. The second-order valence-electron chi connectivity index (χ2n) is 5.09. The third kappa shape index (κ3) is 3.01. The number of aromatic nitrogens is 3. The summed E-state index contributed by atoms with van der Waals surface area (Å²) in [4.78, 5) is 28.1. The fourth-order valence-electron chi connectivity index (χ4n) is 2.60. The summed E-state index contributed by atoms with van der Waals surface area (Å²) in [7, 11) is 0. The first-order valence-electron chi connectivity index (χ1n) is 6.95. The van der Waals surface area contributed by atoms with Crippen molar-refractivity contribution in [1.29, 1.82) is 0 Å². The Bertz CT molecular complexity index is 536. The molecule has 3 heterocycles. The van der Waals surface area contributed by atoms with Crippen molar-refractivity contribution < 1.29 is 9.53 Å². The number of hydrogen-bond acceptors (Lipinski definition) is 7. The molecule has 2 fully saturated rings. The van der Waals surface area contributed by atoms with E-state index in [0.717, 1.165) is 25.9 Å². The predicted octanol–water partition coefficient (Wildman–Crippen LogP) is -0.184. The quantitative estimate of drug-likeness (QED) is 0.826. The molecule has 2 N–H and O–H groups in total. The van der Waals surface area contributed by atoms with Crippen LogP contribution in [0.15, 0.2) is 0 Å². The summed E-state index contributed by atoms with van der Waals surface area (Å²) in [5.41, 5.74) is 5.42. The summed E-state index contributed by atoms with van der Waals surface area (Å²) in [6.07, 6.45) is 2.22. The molecular formula is C12H17ClN6O2. The number of morpholine rings is 1. The maximum Gasteiger partial charge on any atom is 0.242 e. The summed E-state index contributed by atoms with van der Waals surface area (Å²) >= 11 is 6.01. The first-order chi connectivity index (χ1) is 10.1. The van der Waals surface area contributed by atoms with Crippen LogP contribution in [0, 0.1) is 0 Å². The number of anilines is 2. The number of nitrogens with zero attached hydrogens (tertiary/aromatic N) is 5. The summed E-state index contributed by atoms with van der Waals surface area (Å²) in [5.74, 6) is 0.468. The molecule has 1 amide bonds. The van der Waals surface area contributed by atoms with E-state index >= 15 is 0 Å². The second kappa shape index (κ2) is 5.98. The lowest BCUT2D eigenvalue weighted by Gasteiger charge is -2.33. The standard InChI is InChI=1S/C12H17ClN6O2/c13-10-15-11(18-3-1-2-4-18)17-12(16-10)19-5-6-21-7-8(19)9(14)20/h8H,1-7H2,(H2,14,20). The highest BCUT2D eigenvalue weighted by Gasteiger charge is 2.30. The van der Waals surface area contributed by atoms with Crippen molar-refractivity contribution in [3.63, 3.8) is 0 Å². The van der Waals surface area contributed by atoms with E-state index in [1.54, 1.807) is 4.90 Å². The van der Waals surface area contributed by atoms with Gasteiger partial charge >= 0.3 is 0 Å². The Kier molecular flexibility index (Phi) is 4.07. The Labute approximate surface area is 127 Å². The number of primary amides is 1. The van der Waals surface area contributed by atoms with E-state index in [4.69, 9.17) is 22.1 Å². The predicted molar refractivity (Wildman–Crippen MR) is 77.4 cm³/mol. The van der Waals surface area contributed by atoms with Gasteiger partial charge in [0, 0.05) is 19.6 Å². The van der Waals surface area contributed by atoms with Crippen LogP contribution < -0.4 is 15.5 Å². The fourth-order valence-corrected chi connectivity index (χ4v) is 2.75. The maximum atomic E-state index is 11.6. The molecule has 0 bridgehead atoms. The Balaban J connectivity index is 1.91. The molecule has 3 rings (SSSR count). The highest BCUT2D eigenvalue weighted by Crippen LogP contribution is 2.22. The zero-order chi connectivity index (χ0) is 14.8. The molecule has 1 aromatic rings. The smallest absolute Gasteiger partial charge is 0.242 e. The van der Waals surface area contributed by atoms with Crippen molar-refractivity contribution in [3.05, 3.63) is 5.28 Å². The zero-order valence-electron chi connectivity index (χ0n) is 11.5. The molecule has 0 aliphatic carbocycles. The number of rotatable bonds is 3. The minimum absolute atomic E-state index is 0.122. The molecule has 2 aliphatic rings. The largest absolute Gasteiger partial charge is 0.377 e. The third-order valence-corrected chi connectivity index (χ3v) is 3.86. The second-order valence-corrected chi connectivity index (χ2v) is 5.42. The highest BCUT2D eigenvalue weighted by atomic mass is 35.5. The summed E-state index contributed by atoms with van der Waals surface area (Å²) in [6, 6.07) is -0.580. The number of hydrogen-bond donors (Lipinski definition) is 1. The van der Waals surface area contributed by atoms with E-state index in [1.807, 2.05) is 0 Å². The molecule has 8 nitrogen and oxygen atoms in total. The van der Waals surface area contributed by atoms with Crippen molar-refractivity contribution in [2.75, 3.05) is 42.6 Å². The molecule has 0 saturated carbocycles. The van der Waals surface area contributed by atoms with Crippen molar-refractivity contribution in [2.24, 2.45) is 5.73 Å². The van der Waals surface area contributed by atoms with Gasteiger partial charge in [0.2, 0.25) is 23.1 Å². The van der Waals surface area contributed by atoms with Crippen LogP contribution in [0.25, 0.3) is 0 Å². The minimum Gasteiger partial charge on any atom is -0.377 e. The lowest BCUT2D eigenvalue weighted by atomic mass is 10.2. The lowest BCUT2D eigenvalue weighted by Crippen LogP contribution is -2.53. The summed E-state index contributed by atoms with van der Waals surface area (Å²) < 4.78 is 5.30. The van der Waals surface area contributed by atoms with Crippen LogP contribution in [-0.2, 0) is 9.53 Å². The monoisotopic (exact) mass is 312 g/mol. The van der Waals surface area contributed by atoms with Gasteiger partial charge in [-0.3, -0.25) is 4.79 Å². The van der Waals surface area contributed by atoms with Gasteiger partial charge in [-0.05, 0) is 24.4 Å². The Hall–Kier alpha value is -1.67. The van der Waals surface area contributed by atoms with E-state index in [9.17, 15) is 4.79 Å². The number of amides is 1. The maximum absolute atomic E-state index is 11.6. The van der Waals surface area contributed by atoms with E-state index in [2.05, 4.69) is 19.9 Å². The molecule has 114 valence electrons. The SMILES string of the molecule is NC(=O)C1COCCN1c1nc(Cl)nc(N2CCCC2)n1. The number of carbonyl (C=O) groups is 1. The molecule has 0 aromatic carbocycles. The normalized spacial score (nSPS) is 22.6. The molecule has 1 aromatic heterocycles. The van der Waals surface area contributed by atoms with Crippen molar-refractivity contribution in [3.8, 4) is 0 Å². The van der Waals surface area contributed by atoms with Gasteiger partial charge in [0.1, 0.15) is 6.04 Å². The van der Waals surface area contributed by atoms with Gasteiger partial charge in [0.15, 0.2) is 0 Å². The molecule has 9 heteroatoms. The molecule has 2 aliphatic heterocycles. The van der Waals surface area contributed by atoms with Gasteiger partial charge in [-0.2, -0.15) is 15.0 Å². The minimum atomic E-state index is -0.580. The number of ether oxygens (including phenoxy) is 1. The van der Waals surface area contributed by atoms with Crippen LogP contribution in [0.4, 0.5) is 11.9 Å². The molecule has 2 saturated heterocycles. The third-order valence-electron chi connectivity index (χ3n) is 3.69. The van der Waals surface area contributed by atoms with Crippen molar-refractivity contribution in [2.45, 2.75) is 18.9 Å². The average molecular weight is 313 g/mol. The number of halogens is 1. The topological polar surface area (TPSA) is 97.5 Å². The first kappa shape index (κ1) is 14.3. The van der Waals surface area contributed by atoms with Crippen LogP contribution >= 0.6 is 11.6 Å². The van der Waals surface area contributed by atoms with Crippen LogP contribution in [0.1, 0.15) is 12.8 Å². The molecule has 1 atom stereocenters. The zero-order valence-corrected chi connectivity index (χ0v) is 12.3. The lowest BCUT2D eigenvalue weighted by molar-refractivity contribution is -0.121. The fraction of sp³-hybridized carbons (Fsp3) is 0.667. The molecular weight excluding hydrogens is 296 g/mol. The van der Waals surface area contributed by atoms with Gasteiger partial charge in [-0.15, -0.1) is 0 Å². The number of carbonyl (C=O) groups excluding carboxylic acids is 1. The highest BCUT2D eigenvalue weighted by molar-refractivity contribution is 6.28. The van der Waals surface area contributed by atoms with Gasteiger partial charge in [-0.25, -0.2) is 0 Å². The molecule has 0 spiro atoms. The van der Waals surface area contributed by atoms with E-state index in [1.165, 1.54) is 0 Å². The van der Waals surface area contributed by atoms with E-state index in [0.29, 0.717) is 25.0 Å². The Morgan fingerprint density at radius 1 is 1.19 bits per heavy atom. The van der Waals surface area contributed by atoms with Crippen molar-refractivity contribution in [1.82, 2.24) is 15.0 Å². The Morgan fingerprint density at radius 2 is 1.90 bits per heavy atom. The Morgan fingerprint density at radius 3 is 2.62 bits per heavy atom.